The molecule has 0 saturated heterocycles. The Bertz CT molecular complexity index is 287. The van der Waals surface area contributed by atoms with Gasteiger partial charge in [0.2, 0.25) is 0 Å². The summed E-state index contributed by atoms with van der Waals surface area (Å²) in [4.78, 5) is 0. The molecule has 0 heterocycles. The molecule has 0 aliphatic heterocycles. The fourth-order valence-electron chi connectivity index (χ4n) is 0.946. The third-order valence-electron chi connectivity index (χ3n) is 2.11. The van der Waals surface area contributed by atoms with E-state index < -0.39 is 0 Å². The van der Waals surface area contributed by atoms with Crippen molar-refractivity contribution in [2.24, 2.45) is 0 Å². The molecule has 0 saturated carbocycles. The van der Waals surface area contributed by atoms with E-state index in [0.717, 1.165) is 32.4 Å². The summed E-state index contributed by atoms with van der Waals surface area (Å²) in [7, 11) is 3.64. The summed E-state index contributed by atoms with van der Waals surface area (Å²) in [6, 6.07) is 0. The predicted octanol–water partition coefficient (Wildman–Crippen LogP) is 6.84. The van der Waals surface area contributed by atoms with E-state index in [4.69, 9.17) is 0 Å². The Hall–Kier alpha value is -0.237. The number of nitrogens with zero attached hydrogens (tertiary/aromatic N) is 2. The zero-order valence-corrected chi connectivity index (χ0v) is 19.5. The minimum atomic E-state index is 0. The van der Waals surface area contributed by atoms with Crippen LogP contribution >= 0.6 is 0 Å². The van der Waals surface area contributed by atoms with Gasteiger partial charge in [0, 0.05) is 0 Å². The monoisotopic (exact) mass is 408 g/mol. The second-order valence-corrected chi connectivity index (χ2v) is 6.00. The average molecular weight is 410 g/mol. The Labute approximate surface area is 172 Å². The first-order valence-corrected chi connectivity index (χ1v) is 8.16. The first-order chi connectivity index (χ1) is 10.8. The molecule has 0 bridgehead atoms. The molecule has 1 aliphatic carbocycles. The summed E-state index contributed by atoms with van der Waals surface area (Å²) < 4.78 is 0. The average Bonchev–Trinajstić information content (AvgIpc) is 3.02. The van der Waals surface area contributed by atoms with Crippen molar-refractivity contribution >= 4 is 0 Å². The molecule has 0 atom stereocenters. The predicted molar refractivity (Wildman–Crippen MR) is 109 cm³/mol. The van der Waals surface area contributed by atoms with Crippen molar-refractivity contribution < 1.29 is 26.2 Å². The Balaban J connectivity index is -0.000000112. The zero-order chi connectivity index (χ0) is 18.5. The molecular formula is C21H38N2Zr. The fourth-order valence-corrected chi connectivity index (χ4v) is 0.946. The molecule has 1 aliphatic rings. The standard InChI is InChI=1S/2C6H12N.C5H5.C4H9.Zr/c2*1-6(2)4-5-7-3;1-2-4-5-3-1;1-4(2)3;/h2*1,4-5H2,2-3H3;1-3H,4H2;1-3H3;/q4*-1;+4. The molecule has 1 rings (SSSR count). The van der Waals surface area contributed by atoms with Crippen LogP contribution in [-0.2, 0) is 26.2 Å². The summed E-state index contributed by atoms with van der Waals surface area (Å²) in [5.41, 5.74) is 2.43. The Kier molecular flexibility index (Phi) is 36.3. The van der Waals surface area contributed by atoms with Gasteiger partial charge in [-0.05, 0) is 13.8 Å². The molecule has 0 N–H and O–H groups in total. The molecule has 2 nitrogen and oxygen atoms in total. The van der Waals surface area contributed by atoms with E-state index in [9.17, 15) is 0 Å². The third kappa shape index (κ3) is 57.6. The van der Waals surface area contributed by atoms with E-state index in [2.05, 4.69) is 56.7 Å². The molecule has 0 aromatic rings. The van der Waals surface area contributed by atoms with Gasteiger partial charge in [-0.25, -0.2) is 12.2 Å². The molecule has 0 fully saturated rings. The van der Waals surface area contributed by atoms with Crippen molar-refractivity contribution in [2.75, 3.05) is 27.2 Å². The largest absolute Gasteiger partial charge is 4.00 e. The third-order valence-corrected chi connectivity index (χ3v) is 2.11. The normalized spacial score (nSPS) is 10.3. The van der Waals surface area contributed by atoms with Crippen molar-refractivity contribution in [3.8, 4) is 0 Å². The van der Waals surface area contributed by atoms with Gasteiger partial charge in [0.15, 0.2) is 0 Å². The Morgan fingerprint density at radius 2 is 1.38 bits per heavy atom. The number of allylic oxidation sites excluding steroid dienone is 4. The molecule has 0 spiro atoms. The van der Waals surface area contributed by atoms with E-state index in [1.165, 1.54) is 17.1 Å². The van der Waals surface area contributed by atoms with Gasteiger partial charge in [0.25, 0.3) is 0 Å². The minimum Gasteiger partial charge on any atom is -0.665 e. The Morgan fingerprint density at radius 3 is 1.46 bits per heavy atom. The molecule has 136 valence electrons. The van der Waals surface area contributed by atoms with E-state index in [1.807, 2.05) is 40.1 Å². The second kappa shape index (κ2) is 27.6. The molecule has 0 aromatic carbocycles. The minimum absolute atomic E-state index is 0. The second-order valence-electron chi connectivity index (χ2n) is 6.00. The van der Waals surface area contributed by atoms with Crippen LogP contribution in [0.3, 0.4) is 0 Å². The first-order valence-electron chi connectivity index (χ1n) is 8.16. The summed E-state index contributed by atoms with van der Waals surface area (Å²) in [6.07, 6.45) is 12.1. The van der Waals surface area contributed by atoms with Crippen LogP contribution in [-0.4, -0.2) is 27.2 Å². The van der Waals surface area contributed by atoms with Gasteiger partial charge < -0.3 is 16.6 Å². The van der Waals surface area contributed by atoms with Crippen molar-refractivity contribution in [1.82, 2.24) is 0 Å². The van der Waals surface area contributed by atoms with Crippen LogP contribution in [0.1, 0.15) is 53.9 Å². The van der Waals surface area contributed by atoms with Crippen LogP contribution in [0, 0.1) is 12.0 Å². The first kappa shape index (κ1) is 31.5. The molecule has 0 radical (unpaired) electrons. The van der Waals surface area contributed by atoms with Crippen molar-refractivity contribution in [1.29, 1.82) is 0 Å². The van der Waals surface area contributed by atoms with E-state index >= 15 is 0 Å². The van der Waals surface area contributed by atoms with Gasteiger partial charge in [-0.2, -0.15) is 40.9 Å². The van der Waals surface area contributed by atoms with Gasteiger partial charge in [-0.3, -0.25) is 6.08 Å². The molecule has 0 unspecified atom stereocenters. The summed E-state index contributed by atoms with van der Waals surface area (Å²) in [5.74, 6) is 1.42. The maximum Gasteiger partial charge on any atom is 4.00 e. The van der Waals surface area contributed by atoms with Crippen LogP contribution in [0.4, 0.5) is 0 Å². The van der Waals surface area contributed by atoms with E-state index in [1.54, 1.807) is 0 Å². The maximum absolute atomic E-state index is 3.92. The Morgan fingerprint density at radius 1 is 1.00 bits per heavy atom. The topological polar surface area (TPSA) is 28.2 Å². The molecule has 3 heteroatoms. The molecule has 24 heavy (non-hydrogen) atoms. The van der Waals surface area contributed by atoms with Crippen LogP contribution in [0.2, 0.25) is 0 Å². The van der Waals surface area contributed by atoms with Crippen LogP contribution < -0.4 is 0 Å². The van der Waals surface area contributed by atoms with Crippen molar-refractivity contribution in [3.05, 3.63) is 65.2 Å². The fraction of sp³-hybridized carbons (Fsp3) is 0.571. The van der Waals surface area contributed by atoms with Gasteiger partial charge >= 0.3 is 26.2 Å². The summed E-state index contributed by atoms with van der Waals surface area (Å²) in [5, 5.41) is 7.83. The van der Waals surface area contributed by atoms with Crippen molar-refractivity contribution in [2.45, 2.75) is 53.9 Å². The van der Waals surface area contributed by atoms with Crippen LogP contribution in [0.25, 0.3) is 10.6 Å². The quantitative estimate of drug-likeness (QED) is 0.339. The summed E-state index contributed by atoms with van der Waals surface area (Å²) >= 11 is 0. The number of hydrogen-bond acceptors (Lipinski definition) is 0. The van der Waals surface area contributed by atoms with Crippen LogP contribution in [0.5, 0.6) is 0 Å². The SMILES string of the molecule is C=C(C)CC[N-]C.C=C(C)CC[N-]C.C[C-](C)C.[C-]1=CC=CC1.[Zr+4]. The zero-order valence-electron chi connectivity index (χ0n) is 17.1. The molecule has 0 aromatic heterocycles. The van der Waals surface area contributed by atoms with Crippen LogP contribution in [0.15, 0.2) is 42.5 Å². The van der Waals surface area contributed by atoms with Gasteiger partial charge in [0.1, 0.15) is 0 Å². The number of rotatable bonds is 6. The van der Waals surface area contributed by atoms with E-state index in [0.29, 0.717) is 0 Å². The van der Waals surface area contributed by atoms with Gasteiger partial charge in [-0.1, -0.05) is 24.0 Å². The van der Waals surface area contributed by atoms with Gasteiger partial charge in [-0.15, -0.1) is 32.7 Å². The molecule has 0 amide bonds. The smallest absolute Gasteiger partial charge is 0.665 e. The maximum atomic E-state index is 3.92. The van der Waals surface area contributed by atoms with Crippen molar-refractivity contribution in [3.63, 3.8) is 0 Å². The summed E-state index contributed by atoms with van der Waals surface area (Å²) in [6.45, 7) is 19.6. The van der Waals surface area contributed by atoms with E-state index in [-0.39, 0.29) is 26.2 Å². The van der Waals surface area contributed by atoms with Gasteiger partial charge in [0.05, 0.1) is 0 Å². The molecular weight excluding hydrogens is 371 g/mol. The number of hydrogen-bond donors (Lipinski definition) is 0.